The summed E-state index contributed by atoms with van der Waals surface area (Å²) in [7, 11) is 0. The van der Waals surface area contributed by atoms with Gasteiger partial charge in [0, 0.05) is 48.5 Å². The molecule has 0 bridgehead atoms. The largest absolute Gasteiger partial charge is 0.389 e. The van der Waals surface area contributed by atoms with E-state index in [0.717, 1.165) is 35.2 Å². The van der Waals surface area contributed by atoms with Crippen LogP contribution in [-0.2, 0) is 0 Å². The molecule has 3 heterocycles. The standard InChI is InChI=1S/C25H27N7O2S/c1-15-12-16(4-7-18(15)23(33)30-17-5-6-17)20-21(29-14-25(2,3)34)22-28-10-11-32(22)31-24(20)35-19-13-26-8-9-27-19/h4,7-13,17,29,34H,5-6,14H2,1-3H3,(H,30,33). The average Bonchev–Trinajstić information content (AvgIpc) is 3.50. The molecular weight excluding hydrogens is 462 g/mol. The minimum atomic E-state index is -0.941. The van der Waals surface area contributed by atoms with Crippen molar-refractivity contribution in [3.8, 4) is 11.1 Å². The van der Waals surface area contributed by atoms with E-state index in [-0.39, 0.29) is 5.91 Å². The summed E-state index contributed by atoms with van der Waals surface area (Å²) in [5, 5.41) is 23.1. The molecule has 3 N–H and O–H groups in total. The van der Waals surface area contributed by atoms with Crippen LogP contribution in [0.2, 0.25) is 0 Å². The molecule has 0 saturated heterocycles. The molecule has 1 saturated carbocycles. The zero-order chi connectivity index (χ0) is 24.6. The summed E-state index contributed by atoms with van der Waals surface area (Å²) in [6.45, 7) is 5.74. The summed E-state index contributed by atoms with van der Waals surface area (Å²) >= 11 is 1.39. The van der Waals surface area contributed by atoms with Crippen LogP contribution in [0.1, 0.15) is 42.6 Å². The SMILES string of the molecule is Cc1cc(-c2c(Sc3cnccn3)nn3ccnc3c2NCC(C)(C)O)ccc1C(=O)NC1CC1. The van der Waals surface area contributed by atoms with Crippen LogP contribution >= 0.6 is 11.8 Å². The van der Waals surface area contributed by atoms with Crippen LogP contribution in [0.3, 0.4) is 0 Å². The number of fused-ring (bicyclic) bond motifs is 1. The highest BCUT2D eigenvalue weighted by Crippen LogP contribution is 2.41. The number of hydrogen-bond acceptors (Lipinski definition) is 8. The predicted molar refractivity (Wildman–Crippen MR) is 135 cm³/mol. The number of benzene rings is 1. The summed E-state index contributed by atoms with van der Waals surface area (Å²) in [6, 6.07) is 6.07. The Morgan fingerprint density at radius 2 is 2.06 bits per heavy atom. The van der Waals surface area contributed by atoms with E-state index in [9.17, 15) is 9.90 Å². The van der Waals surface area contributed by atoms with Crippen LogP contribution in [-0.4, -0.2) is 53.8 Å². The average molecular weight is 490 g/mol. The number of amides is 1. The maximum atomic E-state index is 12.7. The maximum absolute atomic E-state index is 12.7. The number of rotatable bonds is 8. The Morgan fingerprint density at radius 1 is 1.23 bits per heavy atom. The Bertz CT molecular complexity index is 1380. The molecule has 1 fully saturated rings. The highest BCUT2D eigenvalue weighted by atomic mass is 32.2. The van der Waals surface area contributed by atoms with Gasteiger partial charge in [-0.2, -0.15) is 5.10 Å². The number of nitrogens with one attached hydrogen (secondary N) is 2. The van der Waals surface area contributed by atoms with E-state index in [1.54, 1.807) is 49.3 Å². The van der Waals surface area contributed by atoms with Gasteiger partial charge in [0.1, 0.15) is 10.1 Å². The van der Waals surface area contributed by atoms with E-state index in [1.165, 1.54) is 11.8 Å². The summed E-state index contributed by atoms with van der Waals surface area (Å²) in [4.78, 5) is 25.8. The third kappa shape index (κ3) is 5.28. The number of aryl methyl sites for hydroxylation is 1. The normalized spacial score (nSPS) is 13.7. The number of nitrogens with zero attached hydrogens (tertiary/aromatic N) is 5. The van der Waals surface area contributed by atoms with Crippen molar-refractivity contribution < 1.29 is 9.90 Å². The third-order valence-electron chi connectivity index (χ3n) is 5.62. The molecule has 3 aromatic heterocycles. The van der Waals surface area contributed by atoms with E-state index in [1.807, 2.05) is 25.1 Å². The highest BCUT2D eigenvalue weighted by Gasteiger charge is 2.26. The van der Waals surface area contributed by atoms with Crippen molar-refractivity contribution in [2.45, 2.75) is 55.3 Å². The first-order chi connectivity index (χ1) is 16.8. The van der Waals surface area contributed by atoms with Crippen LogP contribution in [0.15, 0.2) is 59.2 Å². The van der Waals surface area contributed by atoms with Crippen molar-refractivity contribution in [1.82, 2.24) is 29.9 Å². The summed E-state index contributed by atoms with van der Waals surface area (Å²) in [5.41, 5.74) is 3.67. The molecule has 9 nitrogen and oxygen atoms in total. The molecule has 10 heteroatoms. The van der Waals surface area contributed by atoms with Crippen molar-refractivity contribution in [1.29, 1.82) is 0 Å². The lowest BCUT2D eigenvalue weighted by Crippen LogP contribution is -2.29. The van der Waals surface area contributed by atoms with Gasteiger partial charge in [-0.3, -0.25) is 9.78 Å². The molecule has 0 unspecified atom stereocenters. The summed E-state index contributed by atoms with van der Waals surface area (Å²) < 4.78 is 1.71. The van der Waals surface area contributed by atoms with Gasteiger partial charge in [-0.15, -0.1) is 0 Å². The second kappa shape index (κ2) is 9.27. The van der Waals surface area contributed by atoms with Gasteiger partial charge in [0.2, 0.25) is 0 Å². The Kier molecular flexibility index (Phi) is 6.16. The molecule has 35 heavy (non-hydrogen) atoms. The fraction of sp³-hybridized carbons (Fsp3) is 0.320. The molecule has 0 aliphatic heterocycles. The van der Waals surface area contributed by atoms with Gasteiger partial charge in [0.05, 0.1) is 17.5 Å². The number of aromatic nitrogens is 5. The van der Waals surface area contributed by atoms with Gasteiger partial charge in [0.15, 0.2) is 5.65 Å². The quantitative estimate of drug-likeness (QED) is 0.343. The van der Waals surface area contributed by atoms with Gasteiger partial charge in [-0.05, 0) is 62.6 Å². The molecule has 1 amide bonds. The molecule has 180 valence electrons. The lowest BCUT2D eigenvalue weighted by atomic mass is 9.99. The van der Waals surface area contributed by atoms with Crippen LogP contribution in [0.25, 0.3) is 16.8 Å². The summed E-state index contributed by atoms with van der Waals surface area (Å²) in [6.07, 6.45) is 10.5. The van der Waals surface area contributed by atoms with Crippen molar-refractivity contribution in [2.75, 3.05) is 11.9 Å². The first-order valence-electron chi connectivity index (χ1n) is 11.5. The molecule has 4 aromatic rings. The Balaban J connectivity index is 1.64. The van der Waals surface area contributed by atoms with Gasteiger partial charge in [-0.25, -0.2) is 14.5 Å². The monoisotopic (exact) mass is 489 g/mol. The van der Waals surface area contributed by atoms with Gasteiger partial charge >= 0.3 is 0 Å². The number of imidazole rings is 1. The fourth-order valence-corrected chi connectivity index (χ4v) is 4.61. The molecule has 1 aromatic carbocycles. The predicted octanol–water partition coefficient (Wildman–Crippen LogP) is 3.72. The van der Waals surface area contributed by atoms with Crippen LogP contribution in [0.4, 0.5) is 5.69 Å². The number of carbonyl (C=O) groups excluding carboxylic acids is 1. The van der Waals surface area contributed by atoms with Gasteiger partial charge in [0.25, 0.3) is 5.91 Å². The number of hydrogen-bond donors (Lipinski definition) is 3. The summed E-state index contributed by atoms with van der Waals surface area (Å²) in [5.74, 6) is -0.0482. The minimum Gasteiger partial charge on any atom is -0.389 e. The topological polar surface area (TPSA) is 117 Å². The molecule has 5 rings (SSSR count). The lowest BCUT2D eigenvalue weighted by Gasteiger charge is -2.22. The maximum Gasteiger partial charge on any atom is 0.251 e. The van der Waals surface area contributed by atoms with Crippen molar-refractivity contribution in [3.63, 3.8) is 0 Å². The molecule has 1 aliphatic rings. The van der Waals surface area contributed by atoms with E-state index < -0.39 is 5.60 Å². The van der Waals surface area contributed by atoms with E-state index in [4.69, 9.17) is 5.10 Å². The van der Waals surface area contributed by atoms with Gasteiger partial charge < -0.3 is 15.7 Å². The second-order valence-corrected chi connectivity index (χ2v) is 10.3. The Labute approximate surface area is 207 Å². The first-order valence-corrected chi connectivity index (χ1v) is 12.3. The highest BCUT2D eigenvalue weighted by molar-refractivity contribution is 7.99. The van der Waals surface area contributed by atoms with Crippen molar-refractivity contribution in [2.24, 2.45) is 0 Å². The van der Waals surface area contributed by atoms with E-state index in [2.05, 4.69) is 25.6 Å². The van der Waals surface area contributed by atoms with Crippen LogP contribution < -0.4 is 10.6 Å². The van der Waals surface area contributed by atoms with Crippen LogP contribution in [0.5, 0.6) is 0 Å². The Hall–Kier alpha value is -3.50. The second-order valence-electron chi connectivity index (χ2n) is 9.34. The zero-order valence-corrected chi connectivity index (χ0v) is 20.6. The lowest BCUT2D eigenvalue weighted by molar-refractivity contribution is 0.0940. The van der Waals surface area contributed by atoms with Gasteiger partial charge in [-0.1, -0.05) is 12.1 Å². The molecule has 0 radical (unpaired) electrons. The molecule has 1 aliphatic carbocycles. The Morgan fingerprint density at radius 3 is 2.74 bits per heavy atom. The smallest absolute Gasteiger partial charge is 0.251 e. The third-order valence-corrected chi connectivity index (χ3v) is 6.52. The minimum absolute atomic E-state index is 0.0482. The zero-order valence-electron chi connectivity index (χ0n) is 19.8. The van der Waals surface area contributed by atoms with E-state index in [0.29, 0.717) is 33.8 Å². The van der Waals surface area contributed by atoms with Crippen LogP contribution in [0, 0.1) is 6.92 Å². The molecule has 0 atom stereocenters. The first kappa shape index (κ1) is 23.3. The number of carbonyl (C=O) groups is 1. The molecule has 0 spiro atoms. The fourth-order valence-electron chi connectivity index (χ4n) is 3.74. The van der Waals surface area contributed by atoms with Crippen molar-refractivity contribution >= 4 is 29.0 Å². The number of anilines is 1. The van der Waals surface area contributed by atoms with E-state index >= 15 is 0 Å². The molecular formula is C25H27N7O2S. The number of aliphatic hydroxyl groups is 1. The van der Waals surface area contributed by atoms with Crippen molar-refractivity contribution in [3.05, 3.63) is 60.3 Å².